The first-order valence-electron chi connectivity index (χ1n) is 4.39. The summed E-state index contributed by atoms with van der Waals surface area (Å²) in [5.41, 5.74) is 7.55. The van der Waals surface area contributed by atoms with Gasteiger partial charge in [-0.25, -0.2) is 0 Å². The smallest absolute Gasteiger partial charge is 0.307 e. The van der Waals surface area contributed by atoms with Crippen LogP contribution in [0.25, 0.3) is 0 Å². The lowest BCUT2D eigenvalue weighted by molar-refractivity contribution is -0.141. The predicted octanol–water partition coefficient (Wildman–Crippen LogP) is 0.953. The number of methoxy groups -OCH3 is 1. The van der Waals surface area contributed by atoms with Crippen molar-refractivity contribution in [1.82, 2.24) is 4.98 Å². The fraction of sp³-hybridized carbons (Fsp3) is 0.400. The molecule has 0 aliphatic carbocycles. The Morgan fingerprint density at radius 1 is 1.71 bits per heavy atom. The van der Waals surface area contributed by atoms with Crippen LogP contribution in [0.1, 0.15) is 23.7 Å². The van der Waals surface area contributed by atoms with Crippen LogP contribution >= 0.6 is 0 Å². The fourth-order valence-corrected chi connectivity index (χ4v) is 1.25. The number of ether oxygens (including phenoxy) is 1. The second-order valence-electron chi connectivity index (χ2n) is 3.09. The van der Waals surface area contributed by atoms with Gasteiger partial charge in [0.1, 0.15) is 0 Å². The highest BCUT2D eigenvalue weighted by Crippen LogP contribution is 2.15. The molecule has 1 heterocycles. The van der Waals surface area contributed by atoms with Crippen LogP contribution in [0.5, 0.6) is 0 Å². The molecular weight excluding hydrogens is 180 g/mol. The summed E-state index contributed by atoms with van der Waals surface area (Å²) in [6, 6.07) is 3.37. The van der Waals surface area contributed by atoms with Crippen molar-refractivity contribution in [2.24, 2.45) is 5.73 Å². The van der Waals surface area contributed by atoms with Crippen LogP contribution in [0.4, 0.5) is 0 Å². The molecule has 1 aromatic rings. The summed E-state index contributed by atoms with van der Waals surface area (Å²) in [5, 5.41) is 0. The van der Waals surface area contributed by atoms with E-state index in [2.05, 4.69) is 9.72 Å². The van der Waals surface area contributed by atoms with Crippen LogP contribution in [0.2, 0.25) is 0 Å². The third-order valence-electron chi connectivity index (χ3n) is 2.02. The summed E-state index contributed by atoms with van der Waals surface area (Å²) in [7, 11) is 1.35. The van der Waals surface area contributed by atoms with Gasteiger partial charge in [-0.1, -0.05) is 6.07 Å². The van der Waals surface area contributed by atoms with Gasteiger partial charge in [-0.05, 0) is 18.6 Å². The number of pyridine rings is 1. The maximum absolute atomic E-state index is 11.0. The molecule has 0 bridgehead atoms. The summed E-state index contributed by atoms with van der Waals surface area (Å²) in [4.78, 5) is 15.1. The zero-order chi connectivity index (χ0) is 10.6. The topological polar surface area (TPSA) is 65.2 Å². The highest BCUT2D eigenvalue weighted by Gasteiger charge is 2.14. The highest BCUT2D eigenvalue weighted by molar-refractivity contribution is 5.70. The number of aromatic nitrogens is 1. The number of hydrogen-bond donors (Lipinski definition) is 1. The van der Waals surface area contributed by atoms with Gasteiger partial charge in [0.05, 0.1) is 25.3 Å². The maximum Gasteiger partial charge on any atom is 0.307 e. The van der Waals surface area contributed by atoms with E-state index in [0.29, 0.717) is 0 Å². The molecule has 0 unspecified atom stereocenters. The number of esters is 1. The van der Waals surface area contributed by atoms with Crippen molar-refractivity contribution in [3.8, 4) is 0 Å². The van der Waals surface area contributed by atoms with Crippen molar-refractivity contribution in [3.63, 3.8) is 0 Å². The van der Waals surface area contributed by atoms with Crippen LogP contribution in [0.3, 0.4) is 0 Å². The Kier molecular flexibility index (Phi) is 3.59. The van der Waals surface area contributed by atoms with Gasteiger partial charge in [-0.2, -0.15) is 0 Å². The molecule has 0 aliphatic rings. The predicted molar refractivity (Wildman–Crippen MR) is 52.5 cm³/mol. The van der Waals surface area contributed by atoms with E-state index in [-0.39, 0.29) is 18.4 Å². The lowest BCUT2D eigenvalue weighted by atomic mass is 10.1. The molecule has 0 spiro atoms. The average Bonchev–Trinajstić information content (AvgIpc) is 2.18. The molecule has 0 amide bonds. The number of carbonyl (C=O) groups excluding carboxylic acids is 1. The second-order valence-corrected chi connectivity index (χ2v) is 3.09. The zero-order valence-corrected chi connectivity index (χ0v) is 8.36. The number of hydrogen-bond acceptors (Lipinski definition) is 4. The molecule has 14 heavy (non-hydrogen) atoms. The molecule has 1 atom stereocenters. The minimum Gasteiger partial charge on any atom is -0.469 e. The third-order valence-corrected chi connectivity index (χ3v) is 2.02. The molecular formula is C10H14N2O2. The number of nitrogens with zero attached hydrogens (tertiary/aromatic N) is 1. The standard InChI is InChI=1S/C10H14N2O2/c1-7-4-3-5-12-10(7)8(11)6-9(13)14-2/h3-5,8H,6,11H2,1-2H3/t8-/m1/s1. The zero-order valence-electron chi connectivity index (χ0n) is 8.36. The van der Waals surface area contributed by atoms with E-state index in [0.717, 1.165) is 11.3 Å². The molecule has 0 aromatic carbocycles. The molecule has 2 N–H and O–H groups in total. The number of nitrogens with two attached hydrogens (primary N) is 1. The van der Waals surface area contributed by atoms with Crippen molar-refractivity contribution in [2.75, 3.05) is 7.11 Å². The Hall–Kier alpha value is -1.42. The molecule has 4 heteroatoms. The molecule has 0 radical (unpaired) electrons. The monoisotopic (exact) mass is 194 g/mol. The first-order valence-corrected chi connectivity index (χ1v) is 4.39. The van der Waals surface area contributed by atoms with E-state index in [1.165, 1.54) is 7.11 Å². The molecule has 0 saturated carbocycles. The van der Waals surface area contributed by atoms with Gasteiger partial charge < -0.3 is 10.5 Å². The summed E-state index contributed by atoms with van der Waals surface area (Å²) < 4.78 is 4.54. The van der Waals surface area contributed by atoms with Crippen LogP contribution in [-0.4, -0.2) is 18.1 Å². The van der Waals surface area contributed by atoms with Crippen molar-refractivity contribution in [3.05, 3.63) is 29.6 Å². The largest absolute Gasteiger partial charge is 0.469 e. The second kappa shape index (κ2) is 4.72. The number of carbonyl (C=O) groups is 1. The van der Waals surface area contributed by atoms with Crippen LogP contribution in [0, 0.1) is 6.92 Å². The minimum absolute atomic E-state index is 0.161. The molecule has 4 nitrogen and oxygen atoms in total. The Balaban J connectivity index is 2.74. The van der Waals surface area contributed by atoms with Crippen LogP contribution < -0.4 is 5.73 Å². The van der Waals surface area contributed by atoms with Crippen molar-refractivity contribution < 1.29 is 9.53 Å². The highest BCUT2D eigenvalue weighted by atomic mass is 16.5. The Labute approximate surface area is 83.1 Å². The first-order chi connectivity index (χ1) is 6.65. The number of rotatable bonds is 3. The molecule has 1 rings (SSSR count). The third kappa shape index (κ3) is 2.53. The average molecular weight is 194 g/mol. The van der Waals surface area contributed by atoms with E-state index >= 15 is 0 Å². The molecule has 1 aromatic heterocycles. The van der Waals surface area contributed by atoms with E-state index in [9.17, 15) is 4.79 Å². The van der Waals surface area contributed by atoms with Gasteiger partial charge in [-0.15, -0.1) is 0 Å². The van der Waals surface area contributed by atoms with Gasteiger partial charge in [0.25, 0.3) is 0 Å². The lowest BCUT2D eigenvalue weighted by Crippen LogP contribution is -2.18. The van der Waals surface area contributed by atoms with E-state index in [1.54, 1.807) is 6.20 Å². The summed E-state index contributed by atoms with van der Waals surface area (Å²) in [6.45, 7) is 1.92. The lowest BCUT2D eigenvalue weighted by Gasteiger charge is -2.11. The van der Waals surface area contributed by atoms with Crippen molar-refractivity contribution in [1.29, 1.82) is 0 Å². The Bertz CT molecular complexity index is 326. The molecule has 0 saturated heterocycles. The van der Waals surface area contributed by atoms with Gasteiger partial charge >= 0.3 is 5.97 Å². The summed E-state index contributed by atoms with van der Waals surface area (Å²) >= 11 is 0. The quantitative estimate of drug-likeness (QED) is 0.727. The van der Waals surface area contributed by atoms with Gasteiger partial charge in [0, 0.05) is 6.20 Å². The fourth-order valence-electron chi connectivity index (χ4n) is 1.25. The van der Waals surface area contributed by atoms with Gasteiger partial charge in [0.2, 0.25) is 0 Å². The maximum atomic E-state index is 11.0. The Morgan fingerprint density at radius 3 is 3.00 bits per heavy atom. The Morgan fingerprint density at radius 2 is 2.43 bits per heavy atom. The van der Waals surface area contributed by atoms with Crippen LogP contribution in [0.15, 0.2) is 18.3 Å². The van der Waals surface area contributed by atoms with Gasteiger partial charge in [0.15, 0.2) is 0 Å². The normalized spacial score (nSPS) is 12.2. The number of aryl methyl sites for hydroxylation is 1. The van der Waals surface area contributed by atoms with Gasteiger partial charge in [-0.3, -0.25) is 9.78 Å². The molecule has 0 aliphatic heterocycles. The van der Waals surface area contributed by atoms with E-state index in [4.69, 9.17) is 5.73 Å². The minimum atomic E-state index is -0.386. The summed E-state index contributed by atoms with van der Waals surface area (Å²) in [6.07, 6.45) is 1.83. The first kappa shape index (κ1) is 10.7. The molecule has 76 valence electrons. The van der Waals surface area contributed by atoms with Crippen molar-refractivity contribution >= 4 is 5.97 Å². The summed E-state index contributed by atoms with van der Waals surface area (Å²) in [5.74, 6) is -0.317. The molecule has 0 fully saturated rings. The van der Waals surface area contributed by atoms with Crippen molar-refractivity contribution in [2.45, 2.75) is 19.4 Å². The van der Waals surface area contributed by atoms with Crippen LogP contribution in [-0.2, 0) is 9.53 Å². The van der Waals surface area contributed by atoms with E-state index in [1.807, 2.05) is 19.1 Å². The van der Waals surface area contributed by atoms with E-state index < -0.39 is 0 Å². The SMILES string of the molecule is COC(=O)C[C@@H](N)c1ncccc1C.